The lowest BCUT2D eigenvalue weighted by Gasteiger charge is -2.06. The van der Waals surface area contributed by atoms with Gasteiger partial charge in [-0.1, -0.05) is 38.5 Å². The van der Waals surface area contributed by atoms with E-state index < -0.39 is 24.2 Å². The first kappa shape index (κ1) is 35.6. The molecule has 0 bridgehead atoms. The average Bonchev–Trinajstić information content (AvgIpc) is 3.02. The number of carbonyl (C=O) groups excluding carboxylic acids is 4. The average molecular weight is 623 g/mol. The van der Waals surface area contributed by atoms with E-state index in [0.717, 1.165) is 38.5 Å². The van der Waals surface area contributed by atoms with Gasteiger partial charge in [-0.25, -0.2) is 29.0 Å². The number of hydrogen-bond acceptors (Lipinski definition) is 14. The van der Waals surface area contributed by atoms with E-state index in [2.05, 4.69) is 29.6 Å². The Bertz CT molecular complexity index is 1030. The Hall–Kier alpha value is -4.56. The van der Waals surface area contributed by atoms with Gasteiger partial charge in [0.25, 0.3) is 0 Å². The van der Waals surface area contributed by atoms with Crippen LogP contribution in [0.3, 0.4) is 0 Å². The van der Waals surface area contributed by atoms with Gasteiger partial charge in [0, 0.05) is 0 Å². The molecule has 14 heteroatoms. The molecule has 242 valence electrons. The second-order valence-electron chi connectivity index (χ2n) is 8.98. The van der Waals surface area contributed by atoms with Crippen molar-refractivity contribution < 1.29 is 67.8 Å². The first-order chi connectivity index (χ1) is 21.4. The summed E-state index contributed by atoms with van der Waals surface area (Å²) < 4.78 is 20.3. The molecular formula is C30H38O14. The number of benzene rings is 2. The fourth-order valence-electron chi connectivity index (χ4n) is 3.58. The zero-order chi connectivity index (χ0) is 31.8. The Morgan fingerprint density at radius 3 is 1.16 bits per heavy atom. The maximum absolute atomic E-state index is 11.8. The van der Waals surface area contributed by atoms with E-state index >= 15 is 0 Å². The van der Waals surface area contributed by atoms with Crippen LogP contribution in [0.5, 0.6) is 11.5 Å². The molecule has 0 aliphatic rings. The maximum atomic E-state index is 11.8. The Morgan fingerprint density at radius 1 is 0.477 bits per heavy atom. The van der Waals surface area contributed by atoms with E-state index in [-0.39, 0.29) is 24.3 Å². The molecule has 0 aliphatic carbocycles. The number of ether oxygens (including phenoxy) is 4. The fourth-order valence-corrected chi connectivity index (χ4v) is 3.58. The fraction of sp³-hybridized carbons (Fsp3) is 0.467. The first-order valence-corrected chi connectivity index (χ1v) is 14.3. The van der Waals surface area contributed by atoms with Gasteiger partial charge in [0.15, 0.2) is 0 Å². The van der Waals surface area contributed by atoms with Crippen molar-refractivity contribution in [3.8, 4) is 11.5 Å². The van der Waals surface area contributed by atoms with Crippen LogP contribution in [0.25, 0.3) is 0 Å². The van der Waals surface area contributed by atoms with Crippen molar-refractivity contribution in [2.75, 3.05) is 26.4 Å². The van der Waals surface area contributed by atoms with Crippen LogP contribution in [0, 0.1) is 0 Å². The lowest BCUT2D eigenvalue weighted by molar-refractivity contribution is -0.452. The molecule has 14 nitrogen and oxygen atoms in total. The van der Waals surface area contributed by atoms with Crippen LogP contribution in [-0.2, 0) is 39.1 Å². The topological polar surface area (TPSA) is 161 Å². The predicted octanol–water partition coefficient (Wildman–Crippen LogP) is 6.62. The van der Waals surface area contributed by atoms with Gasteiger partial charge in [0.05, 0.1) is 47.6 Å². The van der Waals surface area contributed by atoms with E-state index in [1.165, 1.54) is 24.3 Å². The molecule has 0 aliphatic heterocycles. The van der Waals surface area contributed by atoms with Crippen LogP contribution in [0.4, 0.5) is 9.59 Å². The minimum Gasteiger partial charge on any atom is -0.494 e. The Labute approximate surface area is 255 Å². The van der Waals surface area contributed by atoms with Crippen molar-refractivity contribution in [1.82, 2.24) is 0 Å². The first-order valence-electron chi connectivity index (χ1n) is 14.3. The molecule has 2 rings (SSSR count). The zero-order valence-electron chi connectivity index (χ0n) is 24.8. The monoisotopic (exact) mass is 622 g/mol. The summed E-state index contributed by atoms with van der Waals surface area (Å²) in [4.78, 5) is 64.0. The molecule has 44 heavy (non-hydrogen) atoms. The Balaban J connectivity index is 1.35. The summed E-state index contributed by atoms with van der Waals surface area (Å²) in [5, 5.41) is 8.37. The SMILES string of the molecule is CCOc1ccc(C(=O)OOOC(=O)OCCCCCCCCCCOC(=O)OOOC(=O)c2ccc(OCC)cc2)cc1. The van der Waals surface area contributed by atoms with Gasteiger partial charge in [0.2, 0.25) is 0 Å². The minimum atomic E-state index is -1.12. The Kier molecular flexibility index (Phi) is 17.9. The molecule has 0 N–H and O–H groups in total. The van der Waals surface area contributed by atoms with Crippen LogP contribution in [-0.4, -0.2) is 50.7 Å². The van der Waals surface area contributed by atoms with Crippen molar-refractivity contribution in [2.45, 2.75) is 65.2 Å². The second-order valence-corrected chi connectivity index (χ2v) is 8.98. The van der Waals surface area contributed by atoms with Gasteiger partial charge in [-0.15, -0.1) is 0 Å². The van der Waals surface area contributed by atoms with Crippen LogP contribution in [0.2, 0.25) is 0 Å². The van der Waals surface area contributed by atoms with Crippen molar-refractivity contribution >= 4 is 24.2 Å². The Morgan fingerprint density at radius 2 is 0.818 bits per heavy atom. The summed E-state index contributed by atoms with van der Waals surface area (Å²) in [5.41, 5.74) is 0.375. The lowest BCUT2D eigenvalue weighted by atomic mass is 10.1. The highest BCUT2D eigenvalue weighted by atomic mass is 17.5. The normalized spacial score (nSPS) is 10.3. The highest BCUT2D eigenvalue weighted by Crippen LogP contribution is 2.14. The van der Waals surface area contributed by atoms with Crippen LogP contribution in [0.1, 0.15) is 85.9 Å². The summed E-state index contributed by atoms with van der Waals surface area (Å²) in [6.07, 6.45) is 4.60. The maximum Gasteiger partial charge on any atom is 0.543 e. The molecule has 0 aromatic heterocycles. The third-order valence-electron chi connectivity index (χ3n) is 5.70. The van der Waals surface area contributed by atoms with Gasteiger partial charge in [0.1, 0.15) is 11.5 Å². The predicted molar refractivity (Wildman–Crippen MR) is 150 cm³/mol. The number of unbranched alkanes of at least 4 members (excludes halogenated alkanes) is 7. The van der Waals surface area contributed by atoms with Gasteiger partial charge in [-0.05, 0) is 75.2 Å². The van der Waals surface area contributed by atoms with Gasteiger partial charge in [-0.2, -0.15) is 0 Å². The van der Waals surface area contributed by atoms with Crippen LogP contribution in [0.15, 0.2) is 48.5 Å². The summed E-state index contributed by atoms with van der Waals surface area (Å²) in [6.45, 7) is 4.94. The molecule has 0 unspecified atom stereocenters. The highest BCUT2D eigenvalue weighted by Gasteiger charge is 2.13. The van der Waals surface area contributed by atoms with Crippen LogP contribution < -0.4 is 9.47 Å². The summed E-state index contributed by atoms with van der Waals surface area (Å²) in [6, 6.07) is 12.3. The quantitative estimate of drug-likeness (QED) is 0.0632. The third kappa shape index (κ3) is 15.6. The van der Waals surface area contributed by atoms with Gasteiger partial charge >= 0.3 is 24.2 Å². The number of carbonyl (C=O) groups is 4. The van der Waals surface area contributed by atoms with Crippen molar-refractivity contribution in [3.63, 3.8) is 0 Å². The molecule has 0 heterocycles. The van der Waals surface area contributed by atoms with E-state index in [1.807, 2.05) is 13.8 Å². The van der Waals surface area contributed by atoms with E-state index in [1.54, 1.807) is 24.3 Å². The van der Waals surface area contributed by atoms with Crippen molar-refractivity contribution in [3.05, 3.63) is 59.7 Å². The van der Waals surface area contributed by atoms with E-state index in [9.17, 15) is 19.2 Å². The second kappa shape index (κ2) is 22.0. The largest absolute Gasteiger partial charge is 0.543 e. The number of hydrogen-bond donors (Lipinski definition) is 0. The zero-order valence-corrected chi connectivity index (χ0v) is 24.8. The van der Waals surface area contributed by atoms with Gasteiger partial charge < -0.3 is 18.9 Å². The van der Waals surface area contributed by atoms with Crippen molar-refractivity contribution in [1.29, 1.82) is 0 Å². The summed E-state index contributed by atoms with van der Waals surface area (Å²) in [7, 11) is 0. The van der Waals surface area contributed by atoms with Crippen molar-refractivity contribution in [2.24, 2.45) is 0 Å². The smallest absolute Gasteiger partial charge is 0.494 e. The molecule has 2 aromatic carbocycles. The molecule has 0 amide bonds. The van der Waals surface area contributed by atoms with Crippen LogP contribution >= 0.6 is 0 Å². The minimum absolute atomic E-state index is 0.132. The molecule has 0 fully saturated rings. The molecular weight excluding hydrogens is 584 g/mol. The summed E-state index contributed by atoms with van der Waals surface area (Å²) >= 11 is 0. The molecule has 0 spiro atoms. The standard InChI is InChI=1S/C30H38O14/c1-3-35-25-17-13-23(14-18-25)27(31)39-43-41-29(33)37-21-11-9-7-5-6-8-10-12-22-38-30(34)42-44-40-28(32)24-15-19-26(20-16-24)36-4-2/h13-20H,3-12,21-22H2,1-2H3. The molecule has 0 radical (unpaired) electrons. The molecule has 0 saturated heterocycles. The lowest BCUT2D eigenvalue weighted by Crippen LogP contribution is -2.12. The van der Waals surface area contributed by atoms with E-state index in [0.29, 0.717) is 37.6 Å². The highest BCUT2D eigenvalue weighted by molar-refractivity contribution is 5.89. The molecule has 0 atom stereocenters. The molecule has 0 saturated carbocycles. The van der Waals surface area contributed by atoms with Gasteiger partial charge in [-0.3, -0.25) is 9.78 Å². The van der Waals surface area contributed by atoms with E-state index in [4.69, 9.17) is 18.9 Å². The summed E-state index contributed by atoms with van der Waals surface area (Å²) in [5.74, 6) is -0.488. The number of rotatable bonds is 21. The third-order valence-corrected chi connectivity index (χ3v) is 5.70. The molecule has 2 aromatic rings.